The molecular formula is C18H21N3O4S2. The number of hydrogen-bond acceptors (Lipinski definition) is 5. The van der Waals surface area contributed by atoms with E-state index in [1.165, 1.54) is 28.4 Å². The average molecular weight is 408 g/mol. The first-order valence-electron chi connectivity index (χ1n) is 8.34. The van der Waals surface area contributed by atoms with Crippen LogP contribution < -0.4 is 14.9 Å². The van der Waals surface area contributed by atoms with Crippen LogP contribution >= 0.6 is 11.3 Å². The molecule has 144 valence electrons. The molecule has 0 aliphatic carbocycles. The summed E-state index contributed by atoms with van der Waals surface area (Å²) in [6.45, 7) is 3.53. The molecule has 1 aliphatic rings. The monoisotopic (exact) mass is 407 g/mol. The second-order valence-electron chi connectivity index (χ2n) is 6.85. The van der Waals surface area contributed by atoms with Crippen molar-refractivity contribution in [1.29, 1.82) is 0 Å². The van der Waals surface area contributed by atoms with Gasteiger partial charge in [-0.15, -0.1) is 11.3 Å². The molecule has 7 nitrogen and oxygen atoms in total. The summed E-state index contributed by atoms with van der Waals surface area (Å²) in [7, 11) is -2.21. The maximum Gasteiger partial charge on any atom is 0.241 e. The number of sulfonamides is 1. The molecule has 2 aromatic rings. The van der Waals surface area contributed by atoms with Crippen molar-refractivity contribution in [2.75, 3.05) is 18.5 Å². The van der Waals surface area contributed by atoms with E-state index in [9.17, 15) is 18.0 Å². The summed E-state index contributed by atoms with van der Waals surface area (Å²) in [6.07, 6.45) is 0. The summed E-state index contributed by atoms with van der Waals surface area (Å²) in [5, 5.41) is 4.57. The Hall–Kier alpha value is -2.23. The first-order chi connectivity index (χ1) is 12.6. The van der Waals surface area contributed by atoms with E-state index < -0.39 is 21.3 Å². The van der Waals surface area contributed by atoms with Gasteiger partial charge in [0.15, 0.2) is 0 Å². The van der Waals surface area contributed by atoms with Crippen molar-refractivity contribution in [2.45, 2.75) is 30.7 Å². The van der Waals surface area contributed by atoms with Crippen molar-refractivity contribution >= 4 is 38.9 Å². The van der Waals surface area contributed by atoms with Crippen molar-refractivity contribution in [3.05, 3.63) is 46.2 Å². The van der Waals surface area contributed by atoms with Gasteiger partial charge in [-0.1, -0.05) is 6.07 Å². The van der Waals surface area contributed by atoms with Gasteiger partial charge in [0.2, 0.25) is 21.8 Å². The number of thiophene rings is 1. The molecule has 1 aromatic heterocycles. The molecule has 1 aromatic carbocycles. The Kier molecular flexibility index (Phi) is 5.11. The smallest absolute Gasteiger partial charge is 0.241 e. The number of nitrogens with zero attached hydrogens (tertiary/aromatic N) is 1. The van der Waals surface area contributed by atoms with Crippen LogP contribution in [0.4, 0.5) is 5.69 Å². The van der Waals surface area contributed by atoms with Crippen LogP contribution in [0.25, 0.3) is 0 Å². The van der Waals surface area contributed by atoms with Gasteiger partial charge in [0.05, 0.1) is 23.4 Å². The van der Waals surface area contributed by atoms with Crippen molar-refractivity contribution in [3.8, 4) is 0 Å². The molecule has 0 saturated carbocycles. The van der Waals surface area contributed by atoms with E-state index in [2.05, 4.69) is 10.0 Å². The number of rotatable bonds is 6. The van der Waals surface area contributed by atoms with E-state index in [-0.39, 0.29) is 17.3 Å². The third-order valence-corrected chi connectivity index (χ3v) is 6.89. The molecule has 0 fully saturated rings. The molecule has 0 unspecified atom stereocenters. The quantitative estimate of drug-likeness (QED) is 0.760. The van der Waals surface area contributed by atoms with Gasteiger partial charge in [-0.25, -0.2) is 13.1 Å². The number of carbonyl (C=O) groups is 2. The molecule has 0 spiro atoms. The van der Waals surface area contributed by atoms with Crippen molar-refractivity contribution in [1.82, 2.24) is 10.0 Å². The summed E-state index contributed by atoms with van der Waals surface area (Å²) < 4.78 is 27.4. The minimum absolute atomic E-state index is 0.0310. The zero-order chi connectivity index (χ0) is 19.8. The predicted molar refractivity (Wildman–Crippen MR) is 104 cm³/mol. The predicted octanol–water partition coefficient (Wildman–Crippen LogP) is 1.60. The van der Waals surface area contributed by atoms with Gasteiger partial charge in [0, 0.05) is 17.6 Å². The van der Waals surface area contributed by atoms with E-state index in [1.54, 1.807) is 27.0 Å². The third kappa shape index (κ3) is 3.76. The summed E-state index contributed by atoms with van der Waals surface area (Å²) in [5.41, 5.74) is 0.547. The van der Waals surface area contributed by atoms with Gasteiger partial charge in [-0.3, -0.25) is 9.59 Å². The Bertz CT molecular complexity index is 982. The van der Waals surface area contributed by atoms with Crippen LogP contribution in [-0.2, 0) is 31.6 Å². The van der Waals surface area contributed by atoms with Crippen LogP contribution in [-0.4, -0.2) is 33.8 Å². The Labute approximate surface area is 162 Å². The lowest BCUT2D eigenvalue weighted by atomic mass is 9.86. The molecule has 2 amide bonds. The fourth-order valence-electron chi connectivity index (χ4n) is 3.02. The van der Waals surface area contributed by atoms with Crippen LogP contribution in [0.3, 0.4) is 0 Å². The SMILES string of the molecule is CN1C(=O)C(C)(C)c2cc(S(=O)(=O)NCC(=O)NCc3cccs3)ccc21. The molecule has 0 bridgehead atoms. The lowest BCUT2D eigenvalue weighted by molar-refractivity contribution is -0.122. The van der Waals surface area contributed by atoms with Gasteiger partial charge in [-0.2, -0.15) is 0 Å². The molecule has 0 atom stereocenters. The van der Waals surface area contributed by atoms with Gasteiger partial charge >= 0.3 is 0 Å². The number of benzene rings is 1. The number of hydrogen-bond donors (Lipinski definition) is 2. The molecular weight excluding hydrogens is 386 g/mol. The zero-order valence-corrected chi connectivity index (χ0v) is 16.9. The van der Waals surface area contributed by atoms with Gasteiger partial charge < -0.3 is 10.2 Å². The first kappa shape index (κ1) is 19.5. The number of fused-ring (bicyclic) bond motifs is 1. The number of carbonyl (C=O) groups excluding carboxylic acids is 2. The summed E-state index contributed by atoms with van der Waals surface area (Å²) in [4.78, 5) is 26.8. The molecule has 1 aliphatic heterocycles. The van der Waals surface area contributed by atoms with Crippen LogP contribution in [0.2, 0.25) is 0 Å². The number of anilines is 1. The Morgan fingerprint density at radius 2 is 2.00 bits per heavy atom. The average Bonchev–Trinajstić information content (AvgIpc) is 3.21. The van der Waals surface area contributed by atoms with E-state index in [4.69, 9.17) is 0 Å². The minimum atomic E-state index is -3.87. The molecule has 0 radical (unpaired) electrons. The fourth-order valence-corrected chi connectivity index (χ4v) is 4.68. The Balaban J connectivity index is 1.70. The van der Waals surface area contributed by atoms with Gasteiger partial charge in [0.25, 0.3) is 0 Å². The molecule has 9 heteroatoms. The highest BCUT2D eigenvalue weighted by Crippen LogP contribution is 2.41. The normalized spacial score (nSPS) is 15.7. The highest BCUT2D eigenvalue weighted by Gasteiger charge is 2.42. The highest BCUT2D eigenvalue weighted by atomic mass is 32.2. The maximum absolute atomic E-state index is 12.6. The molecule has 3 rings (SSSR count). The van der Waals surface area contributed by atoms with Gasteiger partial charge in [0.1, 0.15) is 0 Å². The lowest BCUT2D eigenvalue weighted by Gasteiger charge is -2.16. The topological polar surface area (TPSA) is 95.6 Å². The second-order valence-corrected chi connectivity index (χ2v) is 9.65. The van der Waals surface area contributed by atoms with E-state index in [1.807, 2.05) is 17.5 Å². The van der Waals surface area contributed by atoms with Crippen LogP contribution in [0, 0.1) is 0 Å². The summed E-state index contributed by atoms with van der Waals surface area (Å²) in [6, 6.07) is 8.33. The van der Waals surface area contributed by atoms with E-state index in [0.717, 1.165) is 4.88 Å². The van der Waals surface area contributed by atoms with Crippen LogP contribution in [0.15, 0.2) is 40.6 Å². The molecule has 0 saturated heterocycles. The summed E-state index contributed by atoms with van der Waals surface area (Å²) >= 11 is 1.51. The Morgan fingerprint density at radius 3 is 2.67 bits per heavy atom. The third-order valence-electron chi connectivity index (χ3n) is 4.61. The van der Waals surface area contributed by atoms with Crippen molar-refractivity contribution < 1.29 is 18.0 Å². The van der Waals surface area contributed by atoms with Crippen LogP contribution in [0.5, 0.6) is 0 Å². The molecule has 2 heterocycles. The number of nitrogens with one attached hydrogen (secondary N) is 2. The second kappa shape index (κ2) is 7.06. The minimum Gasteiger partial charge on any atom is -0.350 e. The highest BCUT2D eigenvalue weighted by molar-refractivity contribution is 7.89. The molecule has 2 N–H and O–H groups in total. The summed E-state index contributed by atoms with van der Waals surface area (Å²) in [5.74, 6) is -0.503. The fraction of sp³-hybridized carbons (Fsp3) is 0.333. The zero-order valence-electron chi connectivity index (χ0n) is 15.3. The lowest BCUT2D eigenvalue weighted by Crippen LogP contribution is -2.36. The van der Waals surface area contributed by atoms with E-state index in [0.29, 0.717) is 17.8 Å². The number of amides is 2. The van der Waals surface area contributed by atoms with Gasteiger partial charge in [-0.05, 0) is 49.1 Å². The Morgan fingerprint density at radius 1 is 1.26 bits per heavy atom. The standard InChI is InChI=1S/C18H21N3O4S2/c1-18(2)14-9-13(6-7-15(14)21(3)17(18)23)27(24,25)20-11-16(22)19-10-12-5-4-8-26-12/h4-9,20H,10-11H2,1-3H3,(H,19,22). The van der Waals surface area contributed by atoms with Crippen molar-refractivity contribution in [3.63, 3.8) is 0 Å². The van der Waals surface area contributed by atoms with Crippen molar-refractivity contribution in [2.24, 2.45) is 0 Å². The molecule has 27 heavy (non-hydrogen) atoms. The first-order valence-corrected chi connectivity index (χ1v) is 10.7. The largest absolute Gasteiger partial charge is 0.350 e. The van der Waals surface area contributed by atoms with E-state index >= 15 is 0 Å². The maximum atomic E-state index is 12.6. The van der Waals surface area contributed by atoms with Crippen LogP contribution in [0.1, 0.15) is 24.3 Å². The number of likely N-dealkylation sites (N-methyl/N-ethyl adjacent to an activating group) is 1.